The van der Waals surface area contributed by atoms with Crippen LogP contribution >= 0.6 is 0 Å². The molecule has 9 heteroatoms. The van der Waals surface area contributed by atoms with Crippen LogP contribution in [0.5, 0.6) is 0 Å². The summed E-state index contributed by atoms with van der Waals surface area (Å²) in [5.41, 5.74) is 6.81. The zero-order valence-electron chi connectivity index (χ0n) is 17.0. The molecule has 2 fully saturated rings. The number of nitrogens with one attached hydrogen (secondary N) is 1. The molecule has 2 saturated heterocycles. The van der Waals surface area contributed by atoms with Gasteiger partial charge < -0.3 is 20.1 Å². The van der Waals surface area contributed by atoms with Crippen molar-refractivity contribution in [1.29, 1.82) is 5.41 Å². The molecular formula is C20H29N5O4. The van der Waals surface area contributed by atoms with Crippen LogP contribution in [0.3, 0.4) is 0 Å². The molecule has 2 heterocycles. The Morgan fingerprint density at radius 1 is 1.24 bits per heavy atom. The number of nitrogen functional groups attached to an aromatic ring is 1. The van der Waals surface area contributed by atoms with Crippen LogP contribution in [0.25, 0.3) is 0 Å². The predicted octanol–water partition coefficient (Wildman–Crippen LogP) is 1.71. The van der Waals surface area contributed by atoms with Crippen molar-refractivity contribution in [3.63, 3.8) is 0 Å². The van der Waals surface area contributed by atoms with E-state index in [-0.39, 0.29) is 24.1 Å². The van der Waals surface area contributed by atoms with E-state index in [9.17, 15) is 9.59 Å². The number of nitrogens with two attached hydrogens (primary N) is 1. The first-order chi connectivity index (χ1) is 13.8. The summed E-state index contributed by atoms with van der Waals surface area (Å²) in [7, 11) is 0. The number of carbonyl (C=O) groups excluding carboxylic acids is 2. The van der Waals surface area contributed by atoms with Gasteiger partial charge in [-0.2, -0.15) is 0 Å². The molecule has 0 aliphatic carbocycles. The highest BCUT2D eigenvalue weighted by molar-refractivity contribution is 5.96. The standard InChI is InChI=1S/C20H29N5O4/c1-14(2)13-28-19(26)24-9-7-23(8-10-24)11-17-12-25(20(27)29-17)16-5-3-15(4-6-16)18(21)22/h3-6,14,17H,7-13H2,1-2H3,(H3,21,22). The minimum absolute atomic E-state index is 0.00865. The third-order valence-corrected chi connectivity index (χ3v) is 5.00. The fourth-order valence-corrected chi connectivity index (χ4v) is 3.38. The molecule has 1 atom stereocenters. The fourth-order valence-electron chi connectivity index (χ4n) is 3.38. The first kappa shape index (κ1) is 20.9. The number of amidine groups is 1. The molecule has 0 spiro atoms. The number of hydrogen-bond acceptors (Lipinski definition) is 6. The first-order valence-corrected chi connectivity index (χ1v) is 9.90. The van der Waals surface area contributed by atoms with E-state index in [1.165, 1.54) is 0 Å². The molecule has 29 heavy (non-hydrogen) atoms. The van der Waals surface area contributed by atoms with Crippen molar-refractivity contribution in [2.75, 3.05) is 50.8 Å². The summed E-state index contributed by atoms with van der Waals surface area (Å²) in [6, 6.07) is 6.97. The molecule has 0 aromatic heterocycles. The highest BCUT2D eigenvalue weighted by Crippen LogP contribution is 2.23. The van der Waals surface area contributed by atoms with E-state index >= 15 is 0 Å². The molecule has 1 aromatic rings. The van der Waals surface area contributed by atoms with Gasteiger partial charge in [0.15, 0.2) is 0 Å². The van der Waals surface area contributed by atoms with Gasteiger partial charge in [0.05, 0.1) is 13.2 Å². The molecule has 3 rings (SSSR count). The smallest absolute Gasteiger partial charge is 0.414 e. The summed E-state index contributed by atoms with van der Waals surface area (Å²) < 4.78 is 10.8. The largest absolute Gasteiger partial charge is 0.449 e. The zero-order valence-corrected chi connectivity index (χ0v) is 17.0. The van der Waals surface area contributed by atoms with Crippen LogP contribution in [0.4, 0.5) is 15.3 Å². The fraction of sp³-hybridized carbons (Fsp3) is 0.550. The number of anilines is 1. The monoisotopic (exact) mass is 403 g/mol. The van der Waals surface area contributed by atoms with Crippen LogP contribution in [0.2, 0.25) is 0 Å². The molecule has 1 unspecified atom stereocenters. The van der Waals surface area contributed by atoms with Gasteiger partial charge in [-0.05, 0) is 30.2 Å². The van der Waals surface area contributed by atoms with Crippen molar-refractivity contribution in [1.82, 2.24) is 9.80 Å². The Morgan fingerprint density at radius 3 is 2.48 bits per heavy atom. The van der Waals surface area contributed by atoms with Crippen LogP contribution in [-0.4, -0.2) is 79.8 Å². The normalized spacial score (nSPS) is 20.1. The lowest BCUT2D eigenvalue weighted by Gasteiger charge is -2.34. The minimum Gasteiger partial charge on any atom is -0.449 e. The number of benzene rings is 1. The Labute approximate surface area is 170 Å². The van der Waals surface area contributed by atoms with E-state index in [1.807, 2.05) is 13.8 Å². The maximum absolute atomic E-state index is 12.3. The van der Waals surface area contributed by atoms with Crippen molar-refractivity contribution in [2.24, 2.45) is 11.7 Å². The third kappa shape index (κ3) is 5.38. The van der Waals surface area contributed by atoms with Gasteiger partial charge >= 0.3 is 12.2 Å². The second-order valence-corrected chi connectivity index (χ2v) is 7.84. The number of cyclic esters (lactones) is 1. The number of hydrogen-bond donors (Lipinski definition) is 2. The van der Waals surface area contributed by atoms with Crippen LogP contribution in [0.1, 0.15) is 19.4 Å². The lowest BCUT2D eigenvalue weighted by molar-refractivity contribution is 0.0552. The first-order valence-electron chi connectivity index (χ1n) is 9.90. The second kappa shape index (κ2) is 9.13. The van der Waals surface area contributed by atoms with Crippen molar-refractivity contribution in [3.05, 3.63) is 29.8 Å². The Balaban J connectivity index is 1.47. The van der Waals surface area contributed by atoms with Gasteiger partial charge in [0.25, 0.3) is 0 Å². The quantitative estimate of drug-likeness (QED) is 0.552. The summed E-state index contributed by atoms with van der Waals surface area (Å²) >= 11 is 0. The number of nitrogens with zero attached hydrogens (tertiary/aromatic N) is 3. The summed E-state index contributed by atoms with van der Waals surface area (Å²) in [6.45, 7) is 8.19. The summed E-state index contributed by atoms with van der Waals surface area (Å²) in [5.74, 6) is 0.310. The zero-order chi connectivity index (χ0) is 21.0. The third-order valence-electron chi connectivity index (χ3n) is 5.00. The van der Waals surface area contributed by atoms with Gasteiger partial charge in [-0.1, -0.05) is 13.8 Å². The molecule has 1 aromatic carbocycles. The maximum Gasteiger partial charge on any atom is 0.414 e. The van der Waals surface area contributed by atoms with E-state index in [4.69, 9.17) is 20.6 Å². The van der Waals surface area contributed by atoms with Crippen LogP contribution in [0, 0.1) is 11.3 Å². The van der Waals surface area contributed by atoms with E-state index in [0.717, 1.165) is 18.8 Å². The Kier molecular flexibility index (Phi) is 6.58. The molecule has 9 nitrogen and oxygen atoms in total. The molecule has 2 amide bonds. The number of amides is 2. The average Bonchev–Trinajstić information content (AvgIpc) is 3.06. The van der Waals surface area contributed by atoms with Gasteiger partial charge in [0.2, 0.25) is 0 Å². The second-order valence-electron chi connectivity index (χ2n) is 7.84. The number of piperazine rings is 1. The van der Waals surface area contributed by atoms with E-state index in [1.54, 1.807) is 34.1 Å². The molecule has 2 aliphatic heterocycles. The Morgan fingerprint density at radius 2 is 1.90 bits per heavy atom. The highest BCUT2D eigenvalue weighted by atomic mass is 16.6. The highest BCUT2D eigenvalue weighted by Gasteiger charge is 2.34. The summed E-state index contributed by atoms with van der Waals surface area (Å²) in [5, 5.41) is 7.45. The average molecular weight is 403 g/mol. The van der Waals surface area contributed by atoms with Gasteiger partial charge in [0, 0.05) is 44.0 Å². The Hall–Kier alpha value is -2.81. The molecule has 0 radical (unpaired) electrons. The minimum atomic E-state index is -0.374. The topological polar surface area (TPSA) is 112 Å². The SMILES string of the molecule is CC(C)COC(=O)N1CCN(CC2CN(c3ccc(C(=N)N)cc3)C(=O)O2)CC1. The molecule has 158 valence electrons. The molecular weight excluding hydrogens is 374 g/mol. The number of rotatable bonds is 6. The van der Waals surface area contributed by atoms with E-state index < -0.39 is 0 Å². The molecule has 2 aliphatic rings. The van der Waals surface area contributed by atoms with E-state index in [0.29, 0.717) is 44.3 Å². The number of carbonyl (C=O) groups is 2. The van der Waals surface area contributed by atoms with Gasteiger partial charge in [-0.3, -0.25) is 15.2 Å². The van der Waals surface area contributed by atoms with Crippen LogP contribution in [-0.2, 0) is 9.47 Å². The lowest BCUT2D eigenvalue weighted by Crippen LogP contribution is -2.51. The summed E-state index contributed by atoms with van der Waals surface area (Å²) in [4.78, 5) is 29.8. The van der Waals surface area contributed by atoms with Crippen molar-refractivity contribution >= 4 is 23.7 Å². The molecule has 0 bridgehead atoms. The maximum atomic E-state index is 12.3. The predicted molar refractivity (Wildman–Crippen MR) is 109 cm³/mol. The van der Waals surface area contributed by atoms with Crippen molar-refractivity contribution < 1.29 is 19.1 Å². The van der Waals surface area contributed by atoms with Gasteiger partial charge in [0.1, 0.15) is 11.9 Å². The summed E-state index contributed by atoms with van der Waals surface area (Å²) in [6.07, 6.45) is -0.860. The van der Waals surface area contributed by atoms with Gasteiger partial charge in [-0.25, -0.2) is 9.59 Å². The Bertz CT molecular complexity index is 744. The van der Waals surface area contributed by atoms with Gasteiger partial charge in [-0.15, -0.1) is 0 Å². The molecule has 0 saturated carbocycles. The molecule has 3 N–H and O–H groups in total. The van der Waals surface area contributed by atoms with Crippen molar-refractivity contribution in [3.8, 4) is 0 Å². The van der Waals surface area contributed by atoms with Crippen LogP contribution in [0.15, 0.2) is 24.3 Å². The lowest BCUT2D eigenvalue weighted by atomic mass is 10.2. The van der Waals surface area contributed by atoms with Crippen LogP contribution < -0.4 is 10.6 Å². The number of ether oxygens (including phenoxy) is 2. The van der Waals surface area contributed by atoms with Crippen molar-refractivity contribution in [2.45, 2.75) is 20.0 Å². The van der Waals surface area contributed by atoms with E-state index in [2.05, 4.69) is 4.90 Å².